The van der Waals surface area contributed by atoms with Gasteiger partial charge in [-0.15, -0.1) is 0 Å². The van der Waals surface area contributed by atoms with Crippen LogP contribution in [0, 0.1) is 0 Å². The third-order valence-electron chi connectivity index (χ3n) is 3.28. The van der Waals surface area contributed by atoms with Gasteiger partial charge in [0.2, 0.25) is 10.0 Å². The van der Waals surface area contributed by atoms with Crippen molar-refractivity contribution < 1.29 is 21.6 Å². The molecule has 0 radical (unpaired) electrons. The number of benzene rings is 2. The highest BCUT2D eigenvalue weighted by molar-refractivity contribution is 9.10. The first-order valence-corrected chi connectivity index (χ1v) is 12.3. The molecule has 1 N–H and O–H groups in total. The predicted molar refractivity (Wildman–Crippen MR) is 105 cm³/mol. The number of ether oxygens (including phenoxy) is 1. The monoisotopic (exact) mass is 481 g/mol. The number of nitrogens with one attached hydrogen (secondary N) is 1. The molecule has 0 atom stereocenters. The Hall–Kier alpha value is -1.13. The largest absolute Gasteiger partial charge is 0.377 e. The van der Waals surface area contributed by atoms with Crippen LogP contribution in [-0.2, 0) is 30.4 Å². The first kappa shape index (κ1) is 21.2. The molecule has 26 heavy (non-hydrogen) atoms. The van der Waals surface area contributed by atoms with Crippen molar-refractivity contribution in [1.29, 1.82) is 0 Å². The molecule has 0 saturated carbocycles. The summed E-state index contributed by atoms with van der Waals surface area (Å²) in [7, 11) is -2.20. The van der Waals surface area contributed by atoms with Gasteiger partial charge in [-0.2, -0.15) is 0 Å². The Bertz CT molecular complexity index is 950. The Morgan fingerprint density at radius 3 is 2.35 bits per heavy atom. The average Bonchev–Trinajstić information content (AvgIpc) is 2.54. The van der Waals surface area contributed by atoms with E-state index in [-0.39, 0.29) is 20.8 Å². The van der Waals surface area contributed by atoms with Gasteiger partial charge >= 0.3 is 0 Å². The van der Waals surface area contributed by atoms with Crippen LogP contribution < -0.4 is 4.72 Å². The van der Waals surface area contributed by atoms with Crippen LogP contribution in [0.2, 0.25) is 0 Å². The normalized spacial score (nSPS) is 12.1. The molecule has 2 aromatic rings. The molecule has 0 heterocycles. The molecule has 0 aliphatic rings. The second-order valence-electron chi connectivity index (χ2n) is 5.40. The predicted octanol–water partition coefficient (Wildman–Crippen LogP) is 3.73. The number of hydrogen-bond acceptors (Lipinski definition) is 5. The third-order valence-corrected chi connectivity index (χ3v) is 6.95. The van der Waals surface area contributed by atoms with E-state index in [1.807, 2.05) is 30.3 Å². The van der Waals surface area contributed by atoms with Crippen LogP contribution in [0.1, 0.15) is 12.0 Å². The van der Waals surface area contributed by atoms with Crippen molar-refractivity contribution in [3.8, 4) is 0 Å². The Morgan fingerprint density at radius 1 is 1.04 bits per heavy atom. The minimum absolute atomic E-state index is 0.116. The van der Waals surface area contributed by atoms with Gasteiger partial charge in [0.05, 0.1) is 17.3 Å². The van der Waals surface area contributed by atoms with E-state index in [0.29, 0.717) is 19.6 Å². The van der Waals surface area contributed by atoms with Gasteiger partial charge in [0.25, 0.3) is 9.05 Å². The van der Waals surface area contributed by atoms with Crippen LogP contribution in [-0.4, -0.2) is 29.2 Å². The molecule has 0 unspecified atom stereocenters. The fourth-order valence-corrected chi connectivity index (χ4v) is 5.42. The first-order valence-electron chi connectivity index (χ1n) is 7.54. The molecule has 0 aliphatic carbocycles. The second-order valence-corrected chi connectivity index (χ2v) is 10.6. The molecule has 142 valence electrons. The molecule has 0 saturated heterocycles. The zero-order valence-electron chi connectivity index (χ0n) is 13.6. The fourth-order valence-electron chi connectivity index (χ4n) is 2.11. The van der Waals surface area contributed by atoms with Crippen molar-refractivity contribution in [3.63, 3.8) is 0 Å². The average molecular weight is 483 g/mol. The summed E-state index contributed by atoms with van der Waals surface area (Å²) < 4.78 is 54.9. The van der Waals surface area contributed by atoms with E-state index in [1.54, 1.807) is 0 Å². The number of anilines is 1. The zero-order chi connectivity index (χ0) is 19.2. The van der Waals surface area contributed by atoms with E-state index in [9.17, 15) is 16.8 Å². The summed E-state index contributed by atoms with van der Waals surface area (Å²) in [6, 6.07) is 13.5. The van der Waals surface area contributed by atoms with Crippen molar-refractivity contribution >= 4 is 51.4 Å². The Balaban J connectivity index is 1.84. The van der Waals surface area contributed by atoms with Crippen molar-refractivity contribution in [1.82, 2.24) is 0 Å². The summed E-state index contributed by atoms with van der Waals surface area (Å²) in [4.78, 5) is -0.128. The molecule has 0 spiro atoms. The van der Waals surface area contributed by atoms with E-state index >= 15 is 0 Å². The maximum Gasteiger partial charge on any atom is 0.262 e. The molecule has 0 amide bonds. The lowest BCUT2D eigenvalue weighted by atomic mass is 10.2. The first-order chi connectivity index (χ1) is 12.2. The van der Waals surface area contributed by atoms with Crippen LogP contribution in [0.25, 0.3) is 0 Å². The van der Waals surface area contributed by atoms with Gasteiger partial charge in [-0.05, 0) is 46.1 Å². The minimum atomic E-state index is -3.91. The van der Waals surface area contributed by atoms with E-state index < -0.39 is 19.1 Å². The van der Waals surface area contributed by atoms with Crippen molar-refractivity contribution in [2.45, 2.75) is 17.9 Å². The van der Waals surface area contributed by atoms with Gasteiger partial charge in [-0.3, -0.25) is 4.72 Å². The fraction of sp³-hybridized carbons (Fsp3) is 0.250. The lowest BCUT2D eigenvalue weighted by molar-refractivity contribution is 0.122. The van der Waals surface area contributed by atoms with Crippen molar-refractivity contribution in [2.75, 3.05) is 17.1 Å². The smallest absolute Gasteiger partial charge is 0.262 e. The zero-order valence-corrected chi connectivity index (χ0v) is 17.5. The van der Waals surface area contributed by atoms with Crippen LogP contribution in [0.4, 0.5) is 5.69 Å². The number of sulfonamides is 1. The summed E-state index contributed by atoms with van der Waals surface area (Å²) in [6.07, 6.45) is 0.331. The maximum absolute atomic E-state index is 12.1. The van der Waals surface area contributed by atoms with Gasteiger partial charge < -0.3 is 4.74 Å². The molecule has 6 nitrogen and oxygen atoms in total. The summed E-state index contributed by atoms with van der Waals surface area (Å²) >= 11 is 3.07. The molecule has 0 aliphatic heterocycles. The SMILES string of the molecule is O=S(=O)(CCCOCc1ccccc1)Nc1ccc(S(=O)(=O)Cl)c(Br)c1. The Labute approximate surface area is 166 Å². The Morgan fingerprint density at radius 2 is 1.73 bits per heavy atom. The minimum Gasteiger partial charge on any atom is -0.377 e. The summed E-state index contributed by atoms with van der Waals surface area (Å²) in [5.74, 6) is -0.116. The number of hydrogen-bond donors (Lipinski definition) is 1. The summed E-state index contributed by atoms with van der Waals surface area (Å²) in [5, 5.41) is 0. The highest BCUT2D eigenvalue weighted by Crippen LogP contribution is 2.28. The van der Waals surface area contributed by atoms with Gasteiger partial charge in [-0.1, -0.05) is 30.3 Å². The Kier molecular flexibility index (Phi) is 7.48. The highest BCUT2D eigenvalue weighted by atomic mass is 79.9. The van der Waals surface area contributed by atoms with E-state index in [4.69, 9.17) is 15.4 Å². The summed E-state index contributed by atoms with van der Waals surface area (Å²) in [5.41, 5.74) is 1.26. The number of rotatable bonds is 9. The van der Waals surface area contributed by atoms with Crippen LogP contribution >= 0.6 is 26.6 Å². The molecule has 0 aromatic heterocycles. The van der Waals surface area contributed by atoms with Gasteiger partial charge in [0.1, 0.15) is 0 Å². The quantitative estimate of drug-likeness (QED) is 0.434. The van der Waals surface area contributed by atoms with Crippen molar-refractivity contribution in [2.24, 2.45) is 0 Å². The maximum atomic E-state index is 12.1. The van der Waals surface area contributed by atoms with E-state index in [1.165, 1.54) is 18.2 Å². The standard InChI is InChI=1S/C16H17BrClNO5S2/c17-15-11-14(7-8-16(15)26(18,22)23)19-25(20,21)10-4-9-24-12-13-5-2-1-3-6-13/h1-3,5-8,11,19H,4,9-10,12H2. The van der Waals surface area contributed by atoms with Gasteiger partial charge in [0.15, 0.2) is 0 Å². The van der Waals surface area contributed by atoms with Crippen LogP contribution in [0.3, 0.4) is 0 Å². The number of halogens is 2. The van der Waals surface area contributed by atoms with Crippen LogP contribution in [0.5, 0.6) is 0 Å². The summed E-state index contributed by atoms with van der Waals surface area (Å²) in [6.45, 7) is 0.735. The van der Waals surface area contributed by atoms with E-state index in [0.717, 1.165) is 5.56 Å². The molecule has 2 aromatic carbocycles. The van der Waals surface area contributed by atoms with Gasteiger partial charge in [0, 0.05) is 27.4 Å². The third kappa shape index (κ3) is 6.88. The van der Waals surface area contributed by atoms with Crippen molar-refractivity contribution in [3.05, 3.63) is 58.6 Å². The molecule has 10 heteroatoms. The van der Waals surface area contributed by atoms with Crippen LogP contribution in [0.15, 0.2) is 57.9 Å². The second kappa shape index (κ2) is 9.18. The molecule has 0 bridgehead atoms. The molecule has 0 fully saturated rings. The van der Waals surface area contributed by atoms with Gasteiger partial charge in [-0.25, -0.2) is 16.8 Å². The van der Waals surface area contributed by atoms with E-state index in [2.05, 4.69) is 20.7 Å². The molecule has 2 rings (SSSR count). The molecular formula is C16H17BrClNO5S2. The molecular weight excluding hydrogens is 466 g/mol. The topological polar surface area (TPSA) is 89.5 Å². The lowest BCUT2D eigenvalue weighted by Gasteiger charge is -2.10. The lowest BCUT2D eigenvalue weighted by Crippen LogP contribution is -2.18. The highest BCUT2D eigenvalue weighted by Gasteiger charge is 2.16.